The van der Waals surface area contributed by atoms with Gasteiger partial charge in [-0.25, -0.2) is 5.43 Å². The van der Waals surface area contributed by atoms with Crippen molar-refractivity contribution in [3.8, 4) is 0 Å². The van der Waals surface area contributed by atoms with E-state index in [4.69, 9.17) is 4.74 Å². The van der Waals surface area contributed by atoms with Gasteiger partial charge in [0.2, 0.25) is 5.91 Å². The van der Waals surface area contributed by atoms with Crippen LogP contribution in [0.15, 0.2) is 0 Å². The number of carbonyl (C=O) groups excluding carboxylic acids is 2. The van der Waals surface area contributed by atoms with E-state index in [-0.39, 0.29) is 17.8 Å². The fraction of sp³-hybridized carbons (Fsp3) is 0.800. The van der Waals surface area contributed by atoms with E-state index in [0.29, 0.717) is 6.61 Å². The van der Waals surface area contributed by atoms with Crippen LogP contribution in [0.3, 0.4) is 0 Å². The molecule has 0 radical (unpaired) electrons. The van der Waals surface area contributed by atoms with Gasteiger partial charge in [-0.2, -0.15) is 0 Å². The van der Waals surface area contributed by atoms with Crippen LogP contribution in [0.5, 0.6) is 0 Å². The number of esters is 1. The molecule has 88 valence electrons. The topological polar surface area (TPSA) is 67.4 Å². The number of amides is 1. The zero-order valence-corrected chi connectivity index (χ0v) is 9.79. The minimum atomic E-state index is -0.500. The number of nitrogens with one attached hydrogen (secondary N) is 2. The van der Waals surface area contributed by atoms with Crippen molar-refractivity contribution in [2.75, 3.05) is 6.61 Å². The first-order valence-electron chi connectivity index (χ1n) is 5.17. The maximum absolute atomic E-state index is 11.5. The average Bonchev–Trinajstić information content (AvgIpc) is 2.13. The molecule has 0 aliphatic carbocycles. The predicted octanol–water partition coefficient (Wildman–Crippen LogP) is 0.605. The fourth-order valence-electron chi connectivity index (χ4n) is 0.970. The van der Waals surface area contributed by atoms with E-state index < -0.39 is 6.04 Å². The number of hydrogen-bond acceptors (Lipinski definition) is 4. The third-order valence-electron chi connectivity index (χ3n) is 1.77. The Hall–Kier alpha value is -1.10. The third-order valence-corrected chi connectivity index (χ3v) is 1.77. The monoisotopic (exact) mass is 216 g/mol. The normalized spacial score (nSPS) is 12.3. The molecule has 0 aliphatic heterocycles. The summed E-state index contributed by atoms with van der Waals surface area (Å²) in [6, 6.07) is -0.500. The molecule has 0 bridgehead atoms. The molecule has 5 nitrogen and oxygen atoms in total. The quantitative estimate of drug-likeness (QED) is 0.504. The summed E-state index contributed by atoms with van der Waals surface area (Å²) in [4.78, 5) is 22.2. The van der Waals surface area contributed by atoms with Crippen LogP contribution in [0.25, 0.3) is 0 Å². The molecular weight excluding hydrogens is 196 g/mol. The van der Waals surface area contributed by atoms with Crippen LogP contribution in [0.1, 0.15) is 34.1 Å². The molecule has 1 amide bonds. The lowest BCUT2D eigenvalue weighted by molar-refractivity contribution is -0.148. The van der Waals surface area contributed by atoms with Crippen LogP contribution >= 0.6 is 0 Å². The Morgan fingerprint density at radius 3 is 2.33 bits per heavy atom. The molecule has 0 aromatic rings. The summed E-state index contributed by atoms with van der Waals surface area (Å²) >= 11 is 0. The van der Waals surface area contributed by atoms with Crippen molar-refractivity contribution < 1.29 is 14.3 Å². The number of rotatable bonds is 6. The molecule has 15 heavy (non-hydrogen) atoms. The van der Waals surface area contributed by atoms with Gasteiger partial charge in [0.15, 0.2) is 0 Å². The third kappa shape index (κ3) is 6.06. The number of ether oxygens (including phenoxy) is 1. The molecule has 0 rings (SSSR count). The molecule has 0 heterocycles. The highest BCUT2D eigenvalue weighted by Gasteiger charge is 2.23. The zero-order valence-electron chi connectivity index (χ0n) is 9.79. The standard InChI is InChI=1S/C10H20N2O3/c1-5-6-15-10(14)9(7(2)3)12-11-8(4)13/h7,9,12H,5-6H2,1-4H3,(H,11,13)/t9-/m0/s1. The van der Waals surface area contributed by atoms with Gasteiger partial charge < -0.3 is 4.74 Å². The second-order valence-electron chi connectivity index (χ2n) is 3.71. The summed E-state index contributed by atoms with van der Waals surface area (Å²) < 4.78 is 4.99. The molecule has 5 heteroatoms. The van der Waals surface area contributed by atoms with Crippen molar-refractivity contribution in [1.29, 1.82) is 0 Å². The molecule has 1 atom stereocenters. The van der Waals surface area contributed by atoms with E-state index in [9.17, 15) is 9.59 Å². The summed E-state index contributed by atoms with van der Waals surface area (Å²) in [5.74, 6) is -0.509. The predicted molar refractivity (Wildman–Crippen MR) is 56.8 cm³/mol. The van der Waals surface area contributed by atoms with Gasteiger partial charge in [-0.15, -0.1) is 0 Å². The van der Waals surface area contributed by atoms with E-state index in [2.05, 4.69) is 10.9 Å². The van der Waals surface area contributed by atoms with Crippen molar-refractivity contribution in [2.24, 2.45) is 5.92 Å². The smallest absolute Gasteiger partial charge is 0.325 e. The molecular formula is C10H20N2O3. The first-order chi connectivity index (χ1) is 6.99. The van der Waals surface area contributed by atoms with Gasteiger partial charge in [0, 0.05) is 6.92 Å². The summed E-state index contributed by atoms with van der Waals surface area (Å²) in [5, 5.41) is 0. The lowest BCUT2D eigenvalue weighted by Gasteiger charge is -2.20. The van der Waals surface area contributed by atoms with Gasteiger partial charge >= 0.3 is 5.97 Å². The molecule has 0 unspecified atom stereocenters. The SMILES string of the molecule is CCCOC(=O)[C@@H](NNC(C)=O)C(C)C. The summed E-state index contributed by atoms with van der Waals surface area (Å²) in [5.41, 5.74) is 5.05. The zero-order chi connectivity index (χ0) is 11.8. The first kappa shape index (κ1) is 13.9. The van der Waals surface area contributed by atoms with Gasteiger partial charge in [-0.3, -0.25) is 15.0 Å². The van der Waals surface area contributed by atoms with Gasteiger partial charge in [0.1, 0.15) is 6.04 Å². The van der Waals surface area contributed by atoms with Crippen molar-refractivity contribution in [3.63, 3.8) is 0 Å². The van der Waals surface area contributed by atoms with Crippen LogP contribution in [-0.2, 0) is 14.3 Å². The summed E-state index contributed by atoms with van der Waals surface area (Å²) in [7, 11) is 0. The van der Waals surface area contributed by atoms with E-state index in [1.807, 2.05) is 20.8 Å². The van der Waals surface area contributed by atoms with Crippen molar-refractivity contribution in [3.05, 3.63) is 0 Å². The van der Waals surface area contributed by atoms with Crippen LogP contribution in [0.4, 0.5) is 0 Å². The lowest BCUT2D eigenvalue weighted by atomic mass is 10.1. The Kier molecular flexibility index (Phi) is 6.70. The van der Waals surface area contributed by atoms with Crippen LogP contribution in [0.2, 0.25) is 0 Å². The Balaban J connectivity index is 4.13. The molecule has 0 saturated heterocycles. The van der Waals surface area contributed by atoms with Crippen LogP contribution in [-0.4, -0.2) is 24.5 Å². The molecule has 0 aromatic carbocycles. The van der Waals surface area contributed by atoms with Gasteiger partial charge in [-0.1, -0.05) is 20.8 Å². The van der Waals surface area contributed by atoms with E-state index in [1.54, 1.807) is 0 Å². The van der Waals surface area contributed by atoms with E-state index in [1.165, 1.54) is 6.92 Å². The Morgan fingerprint density at radius 1 is 1.33 bits per heavy atom. The largest absolute Gasteiger partial charge is 0.464 e. The van der Waals surface area contributed by atoms with E-state index in [0.717, 1.165) is 6.42 Å². The van der Waals surface area contributed by atoms with Gasteiger partial charge in [0.05, 0.1) is 6.61 Å². The summed E-state index contributed by atoms with van der Waals surface area (Å²) in [6.45, 7) is 7.48. The molecule has 0 spiro atoms. The molecule has 0 aliphatic rings. The highest BCUT2D eigenvalue weighted by atomic mass is 16.5. The maximum atomic E-state index is 11.5. The Morgan fingerprint density at radius 2 is 1.93 bits per heavy atom. The van der Waals surface area contributed by atoms with Crippen LogP contribution < -0.4 is 10.9 Å². The van der Waals surface area contributed by atoms with Crippen molar-refractivity contribution >= 4 is 11.9 Å². The van der Waals surface area contributed by atoms with Crippen molar-refractivity contribution in [2.45, 2.75) is 40.2 Å². The molecule has 0 saturated carbocycles. The Bertz CT molecular complexity index is 217. The summed E-state index contributed by atoms with van der Waals surface area (Å²) in [6.07, 6.45) is 0.788. The van der Waals surface area contributed by atoms with Gasteiger partial charge in [0.25, 0.3) is 0 Å². The number of hydrazine groups is 1. The molecule has 2 N–H and O–H groups in total. The lowest BCUT2D eigenvalue weighted by Crippen LogP contribution is -2.50. The molecule has 0 aromatic heterocycles. The van der Waals surface area contributed by atoms with Gasteiger partial charge in [-0.05, 0) is 12.3 Å². The second-order valence-corrected chi connectivity index (χ2v) is 3.71. The maximum Gasteiger partial charge on any atom is 0.325 e. The van der Waals surface area contributed by atoms with E-state index >= 15 is 0 Å². The number of carbonyl (C=O) groups is 2. The minimum Gasteiger partial charge on any atom is -0.464 e. The Labute approximate surface area is 90.5 Å². The minimum absolute atomic E-state index is 0.0567. The fourth-order valence-corrected chi connectivity index (χ4v) is 0.970. The molecule has 0 fully saturated rings. The highest BCUT2D eigenvalue weighted by molar-refractivity contribution is 5.77. The highest BCUT2D eigenvalue weighted by Crippen LogP contribution is 2.03. The average molecular weight is 216 g/mol. The van der Waals surface area contributed by atoms with Crippen LogP contribution in [0, 0.1) is 5.92 Å². The number of hydrogen-bond donors (Lipinski definition) is 2. The second kappa shape index (κ2) is 7.23. The first-order valence-corrected chi connectivity index (χ1v) is 5.17. The van der Waals surface area contributed by atoms with Crippen molar-refractivity contribution in [1.82, 2.24) is 10.9 Å².